The van der Waals surface area contributed by atoms with Gasteiger partial charge in [-0.15, -0.1) is 0 Å². The van der Waals surface area contributed by atoms with Crippen LogP contribution >= 0.6 is 0 Å². The fraction of sp³-hybridized carbons (Fsp3) is 0.0476. The molecule has 1 heteroatoms. The molecule has 0 saturated carbocycles. The SMILES string of the molecule is Cc1cccc2c1C13c4c(C)cccc4-c4cccc(c41)-c1cc(-c4cccc(N(c5ccc(-c6ccccc6)cc5)c5cccc(-c6ccccc6)c5)c4)ccc1-c1cccc-2c13. The monoisotopic (exact) mass is 813 g/mol. The van der Waals surface area contributed by atoms with Gasteiger partial charge in [0.2, 0.25) is 0 Å². The van der Waals surface area contributed by atoms with Crippen molar-refractivity contribution in [1.29, 1.82) is 0 Å². The van der Waals surface area contributed by atoms with E-state index >= 15 is 0 Å². The summed E-state index contributed by atoms with van der Waals surface area (Å²) in [6, 6.07) is 83.4. The average Bonchev–Trinajstić information content (AvgIpc) is 3.79. The zero-order valence-electron chi connectivity index (χ0n) is 35.8. The smallest absolute Gasteiger partial charge is 0.0742 e. The van der Waals surface area contributed by atoms with Crippen molar-refractivity contribution in [3.63, 3.8) is 0 Å². The van der Waals surface area contributed by atoms with E-state index < -0.39 is 5.41 Å². The maximum atomic E-state index is 2.47. The lowest BCUT2D eigenvalue weighted by atomic mass is 9.67. The van der Waals surface area contributed by atoms with E-state index in [1.165, 1.54) is 111 Å². The molecule has 10 aromatic carbocycles. The van der Waals surface area contributed by atoms with Gasteiger partial charge in [-0.1, -0.05) is 182 Å². The molecule has 0 saturated heterocycles. The quantitative estimate of drug-likeness (QED) is 0.162. The second kappa shape index (κ2) is 14.0. The summed E-state index contributed by atoms with van der Waals surface area (Å²) in [5.74, 6) is 0. The second-order valence-electron chi connectivity index (χ2n) is 17.7. The Morgan fingerprint density at radius 1 is 0.250 bits per heavy atom. The molecular formula is C63H43N. The van der Waals surface area contributed by atoms with Crippen molar-refractivity contribution in [2.75, 3.05) is 4.90 Å². The van der Waals surface area contributed by atoms with Gasteiger partial charge >= 0.3 is 0 Å². The Balaban J connectivity index is 1.00. The lowest BCUT2D eigenvalue weighted by Gasteiger charge is -2.34. The van der Waals surface area contributed by atoms with E-state index in [0.717, 1.165) is 17.1 Å². The molecular weight excluding hydrogens is 771 g/mol. The molecule has 0 aliphatic heterocycles. The van der Waals surface area contributed by atoms with E-state index in [-0.39, 0.29) is 0 Å². The largest absolute Gasteiger partial charge is 0.310 e. The van der Waals surface area contributed by atoms with Crippen LogP contribution in [0.3, 0.4) is 0 Å². The standard InChI is InChI=1S/C63H43N/c1-40-15-9-25-53-55-28-13-27-52-51-36-33-47(39-58(51)57-30-14-29-56-54-26-10-16-41(2)60(54)63(59(40)53,61(52)55)62(56)57)46-22-12-24-50(38-46)64(48-34-31-44(32-35-48)42-17-5-3-6-18-42)49-23-11-21-45(37-49)43-19-7-4-8-20-43/h3-39H,1-2H3. The minimum absolute atomic E-state index is 0.414. The van der Waals surface area contributed by atoms with Crippen molar-refractivity contribution >= 4 is 17.1 Å². The van der Waals surface area contributed by atoms with Crippen LogP contribution in [-0.4, -0.2) is 0 Å². The van der Waals surface area contributed by atoms with Crippen LogP contribution in [0.1, 0.15) is 33.4 Å². The van der Waals surface area contributed by atoms with Crippen molar-refractivity contribution < 1.29 is 0 Å². The Morgan fingerprint density at radius 2 is 0.625 bits per heavy atom. The number of hydrogen-bond donors (Lipinski definition) is 0. The molecule has 10 aromatic rings. The van der Waals surface area contributed by atoms with Crippen LogP contribution in [0.5, 0.6) is 0 Å². The fourth-order valence-corrected chi connectivity index (χ4v) is 11.7. The zero-order valence-corrected chi connectivity index (χ0v) is 35.8. The minimum Gasteiger partial charge on any atom is -0.310 e. The number of fused-ring (bicyclic) bond motifs is 7. The summed E-state index contributed by atoms with van der Waals surface area (Å²) in [7, 11) is 0. The van der Waals surface area contributed by atoms with E-state index in [4.69, 9.17) is 0 Å². The van der Waals surface area contributed by atoms with Crippen LogP contribution in [0.2, 0.25) is 0 Å². The first-order valence-corrected chi connectivity index (χ1v) is 22.4. The van der Waals surface area contributed by atoms with Crippen molar-refractivity contribution in [2.24, 2.45) is 0 Å². The first kappa shape index (κ1) is 36.6. The van der Waals surface area contributed by atoms with Gasteiger partial charge in [0, 0.05) is 17.1 Å². The van der Waals surface area contributed by atoms with Gasteiger partial charge in [0.25, 0.3) is 0 Å². The second-order valence-corrected chi connectivity index (χ2v) is 17.7. The molecule has 0 N–H and O–H groups in total. The molecule has 1 atom stereocenters. The van der Waals surface area contributed by atoms with Gasteiger partial charge in [0.05, 0.1) is 5.41 Å². The van der Waals surface area contributed by atoms with E-state index in [0.29, 0.717) is 0 Å². The summed E-state index contributed by atoms with van der Waals surface area (Å²) in [6.45, 7) is 4.64. The van der Waals surface area contributed by atoms with Gasteiger partial charge in [-0.3, -0.25) is 0 Å². The first-order chi connectivity index (χ1) is 31.6. The number of hydrogen-bond acceptors (Lipinski definition) is 1. The Bertz CT molecular complexity index is 3490. The third kappa shape index (κ3) is 5.19. The minimum atomic E-state index is -0.414. The molecule has 300 valence electrons. The highest BCUT2D eigenvalue weighted by atomic mass is 15.1. The van der Waals surface area contributed by atoms with Gasteiger partial charge < -0.3 is 4.90 Å². The molecule has 0 radical (unpaired) electrons. The van der Waals surface area contributed by atoms with Crippen molar-refractivity contribution in [1.82, 2.24) is 0 Å². The zero-order chi connectivity index (χ0) is 42.5. The molecule has 1 nitrogen and oxygen atoms in total. The van der Waals surface area contributed by atoms with E-state index in [2.05, 4.69) is 243 Å². The van der Waals surface area contributed by atoms with Gasteiger partial charge in [0.15, 0.2) is 0 Å². The predicted molar refractivity (Wildman–Crippen MR) is 268 cm³/mol. The molecule has 0 fully saturated rings. The number of anilines is 3. The summed E-state index contributed by atoms with van der Waals surface area (Å²) < 4.78 is 0. The lowest BCUT2D eigenvalue weighted by Crippen LogP contribution is -2.28. The molecule has 1 spiro atoms. The molecule has 64 heavy (non-hydrogen) atoms. The molecule has 0 heterocycles. The molecule has 1 unspecified atom stereocenters. The topological polar surface area (TPSA) is 3.24 Å². The van der Waals surface area contributed by atoms with Crippen LogP contribution < -0.4 is 4.90 Å². The van der Waals surface area contributed by atoms with Gasteiger partial charge in [0.1, 0.15) is 0 Å². The van der Waals surface area contributed by atoms with E-state index in [1.807, 2.05) is 0 Å². The Hall–Kier alpha value is -8.00. The third-order valence-corrected chi connectivity index (χ3v) is 14.2. The highest BCUT2D eigenvalue weighted by Crippen LogP contribution is 2.69. The van der Waals surface area contributed by atoms with Crippen molar-refractivity contribution in [3.8, 4) is 77.9 Å². The van der Waals surface area contributed by atoms with Gasteiger partial charge in [-0.25, -0.2) is 0 Å². The van der Waals surface area contributed by atoms with Crippen LogP contribution in [0.25, 0.3) is 77.9 Å². The summed E-state index contributed by atoms with van der Waals surface area (Å²) in [5.41, 5.74) is 29.1. The number of benzene rings is 10. The molecule has 0 bridgehead atoms. The maximum absolute atomic E-state index is 2.47. The summed E-state index contributed by atoms with van der Waals surface area (Å²) in [6.07, 6.45) is 0. The number of rotatable bonds is 6. The molecule has 0 aromatic heterocycles. The molecule has 13 rings (SSSR count). The van der Waals surface area contributed by atoms with Crippen LogP contribution in [-0.2, 0) is 5.41 Å². The highest BCUT2D eigenvalue weighted by molar-refractivity contribution is 6.07. The normalized spacial score (nSPS) is 14.5. The van der Waals surface area contributed by atoms with Crippen LogP contribution in [0.4, 0.5) is 17.1 Å². The van der Waals surface area contributed by atoms with Crippen LogP contribution in [0.15, 0.2) is 224 Å². The average molecular weight is 814 g/mol. The number of nitrogens with zero attached hydrogens (tertiary/aromatic N) is 1. The summed E-state index contributed by atoms with van der Waals surface area (Å²) in [5, 5.41) is 0. The Morgan fingerprint density at radius 3 is 1.17 bits per heavy atom. The Kier molecular flexibility index (Phi) is 8.02. The van der Waals surface area contributed by atoms with E-state index in [1.54, 1.807) is 0 Å². The maximum Gasteiger partial charge on any atom is 0.0742 e. The van der Waals surface area contributed by atoms with E-state index in [9.17, 15) is 0 Å². The Labute approximate surface area is 375 Å². The fourth-order valence-electron chi connectivity index (χ4n) is 11.7. The molecule has 3 aliphatic carbocycles. The van der Waals surface area contributed by atoms with Crippen molar-refractivity contribution in [2.45, 2.75) is 19.3 Å². The molecule has 0 amide bonds. The summed E-state index contributed by atoms with van der Waals surface area (Å²) in [4.78, 5) is 2.40. The van der Waals surface area contributed by atoms with Crippen molar-refractivity contribution in [3.05, 3.63) is 258 Å². The lowest BCUT2D eigenvalue weighted by molar-refractivity contribution is 0.785. The predicted octanol–water partition coefficient (Wildman–Crippen LogP) is 16.8. The third-order valence-electron chi connectivity index (χ3n) is 14.2. The number of aryl methyl sites for hydroxylation is 2. The molecule has 3 aliphatic rings. The summed E-state index contributed by atoms with van der Waals surface area (Å²) >= 11 is 0. The van der Waals surface area contributed by atoms with Gasteiger partial charge in [-0.2, -0.15) is 0 Å². The highest BCUT2D eigenvalue weighted by Gasteiger charge is 2.56. The first-order valence-electron chi connectivity index (χ1n) is 22.4. The van der Waals surface area contributed by atoms with Crippen LogP contribution in [0, 0.1) is 13.8 Å². The van der Waals surface area contributed by atoms with Gasteiger partial charge in [-0.05, 0) is 168 Å².